The number of rotatable bonds is 5. The van der Waals surface area contributed by atoms with Gasteiger partial charge in [-0.1, -0.05) is 0 Å². The summed E-state index contributed by atoms with van der Waals surface area (Å²) in [6, 6.07) is -0.287. The van der Waals surface area contributed by atoms with Gasteiger partial charge < -0.3 is 4.90 Å². The molecule has 1 fully saturated rings. The first kappa shape index (κ1) is 17.4. The van der Waals surface area contributed by atoms with Crippen LogP contribution in [-0.2, 0) is 16.8 Å². The lowest BCUT2D eigenvalue weighted by Gasteiger charge is -2.32. The van der Waals surface area contributed by atoms with Gasteiger partial charge in [-0.3, -0.25) is 4.68 Å². The second kappa shape index (κ2) is 6.66. The lowest BCUT2D eigenvalue weighted by molar-refractivity contribution is 0.220. The summed E-state index contributed by atoms with van der Waals surface area (Å²) in [6.45, 7) is 11.2. The summed E-state index contributed by atoms with van der Waals surface area (Å²) in [5.41, 5.74) is 2.88. The highest BCUT2D eigenvalue weighted by Gasteiger charge is 2.28. The molecule has 1 aliphatic rings. The number of hydrogen-bond acceptors (Lipinski definition) is 4. The second-order valence-corrected chi connectivity index (χ2v) is 7.65. The molecule has 22 heavy (non-hydrogen) atoms. The maximum atomic E-state index is 12.5. The summed E-state index contributed by atoms with van der Waals surface area (Å²) in [6.07, 6.45) is 0. The molecule has 7 nitrogen and oxygen atoms in total. The third kappa shape index (κ3) is 3.51. The van der Waals surface area contributed by atoms with Crippen molar-refractivity contribution in [1.29, 1.82) is 0 Å². The molecule has 1 N–H and O–H groups in total. The molecular formula is C14H27N5O2S. The summed E-state index contributed by atoms with van der Waals surface area (Å²) in [5, 5.41) is 4.46. The lowest BCUT2D eigenvalue weighted by Crippen LogP contribution is -2.51. The third-order valence-electron chi connectivity index (χ3n) is 4.30. The van der Waals surface area contributed by atoms with Crippen LogP contribution in [0.3, 0.4) is 0 Å². The van der Waals surface area contributed by atoms with Crippen LogP contribution in [0, 0.1) is 13.8 Å². The maximum Gasteiger partial charge on any atom is 0.280 e. The van der Waals surface area contributed by atoms with Crippen LogP contribution in [-0.4, -0.2) is 60.6 Å². The second-order valence-electron chi connectivity index (χ2n) is 5.95. The van der Waals surface area contributed by atoms with E-state index < -0.39 is 10.2 Å². The molecule has 0 spiro atoms. The van der Waals surface area contributed by atoms with Crippen molar-refractivity contribution in [3.05, 3.63) is 17.0 Å². The van der Waals surface area contributed by atoms with Crippen molar-refractivity contribution >= 4 is 10.2 Å². The predicted molar refractivity (Wildman–Crippen MR) is 86.9 cm³/mol. The van der Waals surface area contributed by atoms with Crippen molar-refractivity contribution in [3.63, 3.8) is 0 Å². The van der Waals surface area contributed by atoms with Gasteiger partial charge in [-0.05, 0) is 34.7 Å². The van der Waals surface area contributed by atoms with E-state index >= 15 is 0 Å². The summed E-state index contributed by atoms with van der Waals surface area (Å²) in [4.78, 5) is 2.13. The van der Waals surface area contributed by atoms with Crippen LogP contribution in [0.25, 0.3) is 0 Å². The molecule has 0 bridgehead atoms. The highest BCUT2D eigenvalue weighted by atomic mass is 32.2. The zero-order valence-corrected chi connectivity index (χ0v) is 14.9. The van der Waals surface area contributed by atoms with E-state index in [2.05, 4.69) is 14.7 Å². The molecule has 126 valence electrons. The molecule has 0 radical (unpaired) electrons. The van der Waals surface area contributed by atoms with Crippen molar-refractivity contribution in [3.8, 4) is 0 Å². The molecule has 2 rings (SSSR count). The first-order valence-corrected chi connectivity index (χ1v) is 9.20. The molecule has 0 saturated carbocycles. The average molecular weight is 329 g/mol. The van der Waals surface area contributed by atoms with Crippen molar-refractivity contribution in [2.45, 2.75) is 40.3 Å². The maximum absolute atomic E-state index is 12.5. The van der Waals surface area contributed by atoms with E-state index in [0.29, 0.717) is 13.1 Å². The molecule has 1 aromatic rings. The predicted octanol–water partition coefficient (Wildman–Crippen LogP) is 0.663. The molecule has 0 aromatic carbocycles. The van der Waals surface area contributed by atoms with Gasteiger partial charge >= 0.3 is 0 Å². The number of aryl methyl sites for hydroxylation is 2. The standard InChI is InChI=1S/C14H27N5O2S/c1-6-19-13(4)14(11(2)15-19)12(3)16-22(20,21)18-9-7-17(5)8-10-18/h12,16H,6-10H2,1-5H3/t12-/m0/s1. The van der Waals surface area contributed by atoms with Crippen LogP contribution < -0.4 is 4.72 Å². The Morgan fingerprint density at radius 2 is 1.82 bits per heavy atom. The number of nitrogens with one attached hydrogen (secondary N) is 1. The average Bonchev–Trinajstić information content (AvgIpc) is 2.73. The van der Waals surface area contributed by atoms with E-state index in [4.69, 9.17) is 0 Å². The van der Waals surface area contributed by atoms with Crippen LogP contribution in [0.5, 0.6) is 0 Å². The number of likely N-dealkylation sites (N-methyl/N-ethyl adjacent to an activating group) is 1. The van der Waals surface area contributed by atoms with Gasteiger partial charge in [0.15, 0.2) is 0 Å². The molecule has 0 aliphatic carbocycles. The Kier molecular flexibility index (Phi) is 5.26. The topological polar surface area (TPSA) is 70.5 Å². The smallest absolute Gasteiger partial charge is 0.280 e. The molecule has 1 saturated heterocycles. The van der Waals surface area contributed by atoms with Gasteiger partial charge in [0.2, 0.25) is 0 Å². The molecule has 1 aromatic heterocycles. The van der Waals surface area contributed by atoms with E-state index in [0.717, 1.165) is 36.6 Å². The van der Waals surface area contributed by atoms with Gasteiger partial charge in [0, 0.05) is 50.0 Å². The lowest BCUT2D eigenvalue weighted by atomic mass is 10.1. The van der Waals surface area contributed by atoms with Crippen molar-refractivity contribution < 1.29 is 8.42 Å². The molecule has 0 amide bonds. The number of aromatic nitrogens is 2. The first-order chi connectivity index (χ1) is 10.3. The molecule has 2 heterocycles. The van der Waals surface area contributed by atoms with Gasteiger partial charge in [-0.15, -0.1) is 0 Å². The van der Waals surface area contributed by atoms with Gasteiger partial charge in [-0.25, -0.2) is 0 Å². The van der Waals surface area contributed by atoms with Crippen LogP contribution in [0.1, 0.15) is 36.8 Å². The van der Waals surface area contributed by atoms with Crippen molar-refractivity contribution in [1.82, 2.24) is 23.7 Å². The summed E-state index contributed by atoms with van der Waals surface area (Å²) in [7, 11) is -1.46. The fourth-order valence-corrected chi connectivity index (χ4v) is 4.39. The molecule has 0 unspecified atom stereocenters. The first-order valence-electron chi connectivity index (χ1n) is 7.76. The Morgan fingerprint density at radius 3 is 2.32 bits per heavy atom. The Labute approximate surface area is 133 Å². The quantitative estimate of drug-likeness (QED) is 0.862. The number of nitrogens with zero attached hydrogens (tertiary/aromatic N) is 4. The van der Waals surface area contributed by atoms with Gasteiger partial charge in [0.1, 0.15) is 0 Å². The van der Waals surface area contributed by atoms with Crippen LogP contribution >= 0.6 is 0 Å². The van der Waals surface area contributed by atoms with Crippen LogP contribution in [0.4, 0.5) is 0 Å². The summed E-state index contributed by atoms with van der Waals surface area (Å²) < 4.78 is 31.3. The monoisotopic (exact) mass is 329 g/mol. The van der Waals surface area contributed by atoms with Crippen molar-refractivity contribution in [2.75, 3.05) is 33.2 Å². The zero-order chi connectivity index (χ0) is 16.5. The fourth-order valence-electron chi connectivity index (χ4n) is 3.03. The number of piperazine rings is 1. The Hall–Kier alpha value is -0.960. The third-order valence-corrected chi connectivity index (χ3v) is 5.99. The highest BCUT2D eigenvalue weighted by molar-refractivity contribution is 7.87. The van der Waals surface area contributed by atoms with Crippen molar-refractivity contribution in [2.24, 2.45) is 0 Å². The van der Waals surface area contributed by atoms with Gasteiger partial charge in [0.05, 0.1) is 5.69 Å². The largest absolute Gasteiger partial charge is 0.304 e. The van der Waals surface area contributed by atoms with Crippen LogP contribution in [0.15, 0.2) is 0 Å². The fraction of sp³-hybridized carbons (Fsp3) is 0.786. The highest BCUT2D eigenvalue weighted by Crippen LogP contribution is 2.22. The SMILES string of the molecule is CCn1nc(C)c([C@H](C)NS(=O)(=O)N2CCN(C)CC2)c1C. The van der Waals surface area contributed by atoms with E-state index in [9.17, 15) is 8.42 Å². The number of hydrogen-bond donors (Lipinski definition) is 1. The minimum absolute atomic E-state index is 0.287. The minimum atomic E-state index is -3.47. The molecule has 1 atom stereocenters. The Bertz CT molecular complexity index is 617. The van der Waals surface area contributed by atoms with E-state index in [1.807, 2.05) is 39.4 Å². The van der Waals surface area contributed by atoms with E-state index in [1.54, 1.807) is 0 Å². The zero-order valence-electron chi connectivity index (χ0n) is 14.1. The van der Waals surface area contributed by atoms with Gasteiger partial charge in [0.25, 0.3) is 10.2 Å². The van der Waals surface area contributed by atoms with Gasteiger partial charge in [-0.2, -0.15) is 22.5 Å². The normalized spacial score (nSPS) is 19.5. The molecular weight excluding hydrogens is 302 g/mol. The Morgan fingerprint density at radius 1 is 1.23 bits per heavy atom. The summed E-state index contributed by atoms with van der Waals surface area (Å²) >= 11 is 0. The molecule has 8 heteroatoms. The minimum Gasteiger partial charge on any atom is -0.304 e. The summed E-state index contributed by atoms with van der Waals surface area (Å²) in [5.74, 6) is 0. The Balaban J connectivity index is 2.14. The van der Waals surface area contributed by atoms with E-state index in [1.165, 1.54) is 4.31 Å². The molecule has 1 aliphatic heterocycles. The van der Waals surface area contributed by atoms with E-state index in [-0.39, 0.29) is 6.04 Å². The van der Waals surface area contributed by atoms with Crippen LogP contribution in [0.2, 0.25) is 0 Å².